The van der Waals surface area contributed by atoms with Crippen molar-refractivity contribution >= 4 is 11.8 Å². The van der Waals surface area contributed by atoms with Crippen LogP contribution in [0.25, 0.3) is 0 Å². The van der Waals surface area contributed by atoms with Gasteiger partial charge in [-0.15, -0.1) is 0 Å². The zero-order valence-corrected chi connectivity index (χ0v) is 16.1. The van der Waals surface area contributed by atoms with Gasteiger partial charge in [-0.25, -0.2) is 4.98 Å². The maximum Gasteiger partial charge on any atom is 0.190 e. The van der Waals surface area contributed by atoms with Crippen LogP contribution >= 0.6 is 0 Å². The maximum atomic E-state index is 4.48. The summed E-state index contributed by atoms with van der Waals surface area (Å²) in [5.74, 6) is 1.79. The van der Waals surface area contributed by atoms with Gasteiger partial charge in [-0.3, -0.25) is 9.67 Å². The Morgan fingerprint density at radius 1 is 1.08 bits per heavy atom. The highest BCUT2D eigenvalue weighted by atomic mass is 15.3. The lowest BCUT2D eigenvalue weighted by Crippen LogP contribution is -2.38. The van der Waals surface area contributed by atoms with Crippen molar-refractivity contribution in [3.8, 4) is 0 Å². The van der Waals surface area contributed by atoms with Crippen LogP contribution in [0.5, 0.6) is 0 Å². The Hall–Kier alpha value is -2.57. The van der Waals surface area contributed by atoms with E-state index in [1.807, 2.05) is 25.1 Å². The first-order valence-electron chi connectivity index (χ1n) is 9.29. The molecule has 0 atom stereocenters. The molecule has 2 heterocycles. The Morgan fingerprint density at radius 3 is 2.50 bits per heavy atom. The summed E-state index contributed by atoms with van der Waals surface area (Å²) in [5, 5.41) is 14.5. The van der Waals surface area contributed by atoms with Crippen LogP contribution in [0.3, 0.4) is 0 Å². The van der Waals surface area contributed by atoms with E-state index < -0.39 is 0 Å². The molecule has 0 radical (unpaired) electrons. The predicted molar refractivity (Wildman–Crippen MR) is 108 cm³/mol. The molecule has 0 aromatic carbocycles. The third-order valence-electron chi connectivity index (χ3n) is 4.03. The Labute approximate surface area is 156 Å². The number of nitrogens with one attached hydrogen (secondary N) is 3. The fraction of sp³-hybridized carbons (Fsp3) is 0.526. The molecular weight excluding hydrogens is 326 g/mol. The number of aromatic nitrogens is 3. The summed E-state index contributed by atoms with van der Waals surface area (Å²) < 4.78 is 2.06. The van der Waals surface area contributed by atoms with Crippen molar-refractivity contribution in [2.75, 3.05) is 32.0 Å². The van der Waals surface area contributed by atoms with Gasteiger partial charge in [0, 0.05) is 45.1 Å². The van der Waals surface area contributed by atoms with E-state index in [4.69, 9.17) is 0 Å². The third kappa shape index (κ3) is 7.13. The first-order chi connectivity index (χ1) is 12.7. The van der Waals surface area contributed by atoms with E-state index >= 15 is 0 Å². The van der Waals surface area contributed by atoms with E-state index in [2.05, 4.69) is 48.7 Å². The summed E-state index contributed by atoms with van der Waals surface area (Å²) in [6.45, 7) is 7.74. The lowest BCUT2D eigenvalue weighted by Gasteiger charge is -2.12. The quantitative estimate of drug-likeness (QED) is 0.346. The van der Waals surface area contributed by atoms with E-state index in [-0.39, 0.29) is 0 Å². The van der Waals surface area contributed by atoms with E-state index in [1.54, 1.807) is 13.2 Å². The fourth-order valence-corrected chi connectivity index (χ4v) is 2.70. The van der Waals surface area contributed by atoms with Crippen LogP contribution in [0.15, 0.2) is 35.5 Å². The van der Waals surface area contributed by atoms with Crippen molar-refractivity contribution in [1.82, 2.24) is 25.4 Å². The molecule has 142 valence electrons. The second kappa shape index (κ2) is 11.1. The zero-order chi connectivity index (χ0) is 18.6. The summed E-state index contributed by atoms with van der Waals surface area (Å²) >= 11 is 0. The summed E-state index contributed by atoms with van der Waals surface area (Å²) in [6, 6.07) is 8.00. The van der Waals surface area contributed by atoms with Gasteiger partial charge in [0.05, 0.1) is 5.69 Å². The number of hydrogen-bond acceptors (Lipinski definition) is 4. The first-order valence-corrected chi connectivity index (χ1v) is 9.29. The van der Waals surface area contributed by atoms with Crippen LogP contribution < -0.4 is 16.0 Å². The molecule has 0 spiro atoms. The number of rotatable bonds is 10. The van der Waals surface area contributed by atoms with Crippen LogP contribution in [-0.4, -0.2) is 47.4 Å². The van der Waals surface area contributed by atoms with Crippen LogP contribution in [0.1, 0.15) is 30.7 Å². The molecule has 0 fully saturated rings. The SMILES string of the molecule is CN=C(NCCCCNc1ccccn1)NCCCn1nc(C)cc1C. The number of aryl methyl sites for hydroxylation is 3. The van der Waals surface area contributed by atoms with Crippen molar-refractivity contribution < 1.29 is 0 Å². The van der Waals surface area contributed by atoms with E-state index in [1.165, 1.54) is 5.69 Å². The molecule has 2 rings (SSSR count). The standard InChI is InChI=1S/C19H31N7/c1-16-15-17(2)26(25-16)14-8-13-24-19(20-3)23-12-7-6-11-22-18-9-4-5-10-21-18/h4-5,9-10,15H,6-8,11-14H2,1-3H3,(H,21,22)(H2,20,23,24). The normalized spacial score (nSPS) is 11.4. The maximum absolute atomic E-state index is 4.48. The Balaban J connectivity index is 1.51. The molecule has 0 bridgehead atoms. The van der Waals surface area contributed by atoms with E-state index in [9.17, 15) is 0 Å². The number of anilines is 1. The van der Waals surface area contributed by atoms with Crippen molar-refractivity contribution in [3.05, 3.63) is 41.9 Å². The lowest BCUT2D eigenvalue weighted by atomic mass is 10.3. The molecule has 0 aliphatic carbocycles. The van der Waals surface area contributed by atoms with Gasteiger partial charge < -0.3 is 16.0 Å². The molecule has 7 heteroatoms. The van der Waals surface area contributed by atoms with Crippen molar-refractivity contribution in [2.45, 2.75) is 39.7 Å². The van der Waals surface area contributed by atoms with Crippen LogP contribution in [0, 0.1) is 13.8 Å². The highest BCUT2D eigenvalue weighted by Gasteiger charge is 2.01. The zero-order valence-electron chi connectivity index (χ0n) is 16.1. The largest absolute Gasteiger partial charge is 0.370 e. The molecule has 3 N–H and O–H groups in total. The van der Waals surface area contributed by atoms with Gasteiger partial charge in [-0.2, -0.15) is 5.10 Å². The smallest absolute Gasteiger partial charge is 0.190 e. The summed E-state index contributed by atoms with van der Waals surface area (Å²) in [5.41, 5.74) is 2.29. The molecule has 2 aromatic heterocycles. The monoisotopic (exact) mass is 357 g/mol. The summed E-state index contributed by atoms with van der Waals surface area (Å²) in [7, 11) is 1.80. The van der Waals surface area contributed by atoms with Crippen LogP contribution in [0.2, 0.25) is 0 Å². The minimum atomic E-state index is 0.857. The Bertz CT molecular complexity index is 664. The minimum Gasteiger partial charge on any atom is -0.370 e. The molecular formula is C19H31N7. The third-order valence-corrected chi connectivity index (χ3v) is 4.03. The molecule has 26 heavy (non-hydrogen) atoms. The fourth-order valence-electron chi connectivity index (χ4n) is 2.70. The molecule has 7 nitrogen and oxygen atoms in total. The predicted octanol–water partition coefficient (Wildman–Crippen LogP) is 2.34. The van der Waals surface area contributed by atoms with Gasteiger partial charge in [0.15, 0.2) is 5.96 Å². The number of unbranched alkanes of at least 4 members (excludes halogenated alkanes) is 1. The molecule has 0 unspecified atom stereocenters. The van der Waals surface area contributed by atoms with Crippen molar-refractivity contribution in [3.63, 3.8) is 0 Å². The molecule has 0 aliphatic heterocycles. The second-order valence-electron chi connectivity index (χ2n) is 6.28. The van der Waals surface area contributed by atoms with Gasteiger partial charge in [0.25, 0.3) is 0 Å². The number of aliphatic imine (C=N–C) groups is 1. The number of nitrogens with zero attached hydrogens (tertiary/aromatic N) is 4. The number of hydrogen-bond donors (Lipinski definition) is 3. The highest BCUT2D eigenvalue weighted by molar-refractivity contribution is 5.79. The molecule has 0 saturated heterocycles. The van der Waals surface area contributed by atoms with Gasteiger partial charge >= 0.3 is 0 Å². The van der Waals surface area contributed by atoms with Gasteiger partial charge in [-0.1, -0.05) is 6.07 Å². The molecule has 2 aromatic rings. The van der Waals surface area contributed by atoms with Gasteiger partial charge in [0.1, 0.15) is 5.82 Å². The lowest BCUT2D eigenvalue weighted by molar-refractivity contribution is 0.555. The average molecular weight is 358 g/mol. The molecule has 0 saturated carbocycles. The summed E-state index contributed by atoms with van der Waals surface area (Å²) in [4.78, 5) is 8.51. The highest BCUT2D eigenvalue weighted by Crippen LogP contribution is 2.02. The van der Waals surface area contributed by atoms with Crippen molar-refractivity contribution in [2.24, 2.45) is 4.99 Å². The molecule has 0 amide bonds. The Kier molecular flexibility index (Phi) is 8.45. The number of pyridine rings is 1. The average Bonchev–Trinajstić information content (AvgIpc) is 2.97. The Morgan fingerprint density at radius 2 is 1.85 bits per heavy atom. The number of guanidine groups is 1. The second-order valence-corrected chi connectivity index (χ2v) is 6.28. The van der Waals surface area contributed by atoms with E-state index in [0.29, 0.717) is 0 Å². The first kappa shape index (κ1) is 19.8. The van der Waals surface area contributed by atoms with Gasteiger partial charge in [0.2, 0.25) is 0 Å². The minimum absolute atomic E-state index is 0.857. The summed E-state index contributed by atoms with van der Waals surface area (Å²) in [6.07, 6.45) is 4.97. The van der Waals surface area contributed by atoms with Crippen LogP contribution in [0.4, 0.5) is 5.82 Å². The van der Waals surface area contributed by atoms with Crippen molar-refractivity contribution in [1.29, 1.82) is 0 Å². The molecule has 0 aliphatic rings. The van der Waals surface area contributed by atoms with E-state index in [0.717, 1.165) is 62.9 Å². The van der Waals surface area contributed by atoms with Crippen LogP contribution in [-0.2, 0) is 6.54 Å². The van der Waals surface area contributed by atoms with Gasteiger partial charge in [-0.05, 0) is 51.3 Å². The topological polar surface area (TPSA) is 79.2 Å².